The van der Waals surface area contributed by atoms with Gasteiger partial charge in [-0.25, -0.2) is 0 Å². The molecular formula is C33H24F3NO6. The summed E-state index contributed by atoms with van der Waals surface area (Å²) in [5, 5.41) is 11.2. The van der Waals surface area contributed by atoms with Crippen LogP contribution in [0.15, 0.2) is 109 Å². The number of carbonyl (C=O) groups is 4. The zero-order valence-electron chi connectivity index (χ0n) is 22.4. The Kier molecular flexibility index (Phi) is 9.51. The number of carboxylic acid groups (broad SMARTS) is 1. The molecule has 0 aliphatic heterocycles. The van der Waals surface area contributed by atoms with Crippen LogP contribution in [0.4, 0.5) is 13.2 Å². The van der Waals surface area contributed by atoms with Crippen molar-refractivity contribution in [2.24, 2.45) is 0 Å². The topological polar surface area (TPSA) is 110 Å². The van der Waals surface area contributed by atoms with E-state index >= 15 is 0 Å². The maximum absolute atomic E-state index is 13.6. The molecule has 0 spiro atoms. The molecule has 4 aromatic rings. The molecule has 0 aromatic heterocycles. The smallest absolute Gasteiger partial charge is 0.481 e. The van der Waals surface area contributed by atoms with Gasteiger partial charge in [-0.1, -0.05) is 78.9 Å². The quantitative estimate of drug-likeness (QED) is 0.151. The van der Waals surface area contributed by atoms with Crippen molar-refractivity contribution >= 4 is 29.0 Å². The minimum atomic E-state index is -4.90. The van der Waals surface area contributed by atoms with E-state index in [4.69, 9.17) is 5.11 Å². The number of carbonyl (C=O) groups excluding carboxylic acids is 3. The van der Waals surface area contributed by atoms with Gasteiger partial charge in [0.15, 0.2) is 11.6 Å². The van der Waals surface area contributed by atoms with Crippen LogP contribution >= 0.6 is 0 Å². The Hall–Kier alpha value is -5.51. The van der Waals surface area contributed by atoms with Crippen LogP contribution in [0.1, 0.15) is 43.1 Å². The Morgan fingerprint density at radius 3 is 1.81 bits per heavy atom. The molecule has 4 rings (SSSR count). The summed E-state index contributed by atoms with van der Waals surface area (Å²) in [4.78, 5) is 49.8. The third-order valence-corrected chi connectivity index (χ3v) is 6.23. The van der Waals surface area contributed by atoms with E-state index in [0.29, 0.717) is 0 Å². The fourth-order valence-electron chi connectivity index (χ4n) is 4.10. The number of rotatable bonds is 11. The number of hydrogen-bond donors (Lipinski definition) is 2. The van der Waals surface area contributed by atoms with E-state index in [1.54, 1.807) is 24.3 Å². The molecule has 0 atom stereocenters. The molecule has 0 aliphatic carbocycles. The van der Waals surface area contributed by atoms with E-state index in [-0.39, 0.29) is 40.8 Å². The number of Topliss-reactive ketones (excluding diaryl/α,β-unsaturated/α-hetero) is 1. The summed E-state index contributed by atoms with van der Waals surface area (Å²) in [6.07, 6.45) is -4.04. The minimum absolute atomic E-state index is 0.0791. The largest absolute Gasteiger partial charge is 0.573 e. The van der Waals surface area contributed by atoms with Gasteiger partial charge in [0.05, 0.1) is 6.42 Å². The van der Waals surface area contributed by atoms with Gasteiger partial charge in [0, 0.05) is 28.8 Å². The van der Waals surface area contributed by atoms with E-state index in [1.807, 2.05) is 30.3 Å². The standard InChI is InChI=1S/C33H24F3NO6/c34-33(35,36)43-27-16-14-23(15-17-27)28(20-29(38)24-8-6-22(7-9-24)21-4-2-1-3-5-21)31(41)25-10-12-26(13-11-25)32(42)37-19-18-30(39)40/h1-17,20H,18-19H2,(H,37,42)(H,39,40)/b28-20-. The molecule has 2 N–H and O–H groups in total. The molecule has 0 radical (unpaired) electrons. The van der Waals surface area contributed by atoms with Crippen LogP contribution in [-0.2, 0) is 4.79 Å². The molecule has 0 aliphatic rings. The minimum Gasteiger partial charge on any atom is -0.481 e. The van der Waals surface area contributed by atoms with Gasteiger partial charge in [-0.3, -0.25) is 19.2 Å². The first-order valence-corrected chi connectivity index (χ1v) is 12.9. The third-order valence-electron chi connectivity index (χ3n) is 6.23. The second kappa shape index (κ2) is 13.4. The predicted octanol–water partition coefficient (Wildman–Crippen LogP) is 6.61. The van der Waals surface area contributed by atoms with Crippen molar-refractivity contribution in [3.8, 4) is 16.9 Å². The lowest BCUT2D eigenvalue weighted by Crippen LogP contribution is -2.26. The zero-order chi connectivity index (χ0) is 31.0. The number of ketones is 2. The average Bonchev–Trinajstić information content (AvgIpc) is 2.99. The number of carboxylic acids is 1. The molecule has 7 nitrogen and oxygen atoms in total. The second-order valence-electron chi connectivity index (χ2n) is 9.24. The number of benzene rings is 4. The van der Waals surface area contributed by atoms with E-state index in [0.717, 1.165) is 29.3 Å². The summed E-state index contributed by atoms with van der Waals surface area (Å²) in [6.45, 7) is -0.0791. The Morgan fingerprint density at radius 2 is 1.23 bits per heavy atom. The molecule has 0 saturated carbocycles. The van der Waals surface area contributed by atoms with Crippen LogP contribution in [0, 0.1) is 0 Å². The number of ether oxygens (including phenoxy) is 1. The lowest BCUT2D eigenvalue weighted by atomic mass is 9.93. The summed E-state index contributed by atoms with van der Waals surface area (Å²) in [5.41, 5.74) is 2.48. The van der Waals surface area contributed by atoms with Gasteiger partial charge in [0.1, 0.15) is 5.75 Å². The number of halogens is 3. The molecule has 43 heavy (non-hydrogen) atoms. The molecule has 1 amide bonds. The fraction of sp³-hybridized carbons (Fsp3) is 0.0909. The lowest BCUT2D eigenvalue weighted by molar-refractivity contribution is -0.274. The van der Waals surface area contributed by atoms with E-state index in [9.17, 15) is 32.3 Å². The van der Waals surface area contributed by atoms with Crippen LogP contribution in [0.2, 0.25) is 0 Å². The molecule has 0 heterocycles. The highest BCUT2D eigenvalue weighted by Gasteiger charge is 2.31. The summed E-state index contributed by atoms with van der Waals surface area (Å²) < 4.78 is 41.9. The van der Waals surface area contributed by atoms with Crippen LogP contribution in [-0.4, -0.2) is 41.5 Å². The van der Waals surface area contributed by atoms with Crippen molar-refractivity contribution in [2.45, 2.75) is 12.8 Å². The number of allylic oxidation sites excluding steroid dienone is 2. The molecular weight excluding hydrogens is 563 g/mol. The van der Waals surface area contributed by atoms with E-state index in [2.05, 4.69) is 10.1 Å². The van der Waals surface area contributed by atoms with Crippen LogP contribution < -0.4 is 10.1 Å². The molecule has 4 aromatic carbocycles. The molecule has 218 valence electrons. The first kappa shape index (κ1) is 30.4. The second-order valence-corrected chi connectivity index (χ2v) is 9.24. The van der Waals surface area contributed by atoms with Gasteiger partial charge in [0.25, 0.3) is 5.91 Å². The van der Waals surface area contributed by atoms with Gasteiger partial charge in [-0.15, -0.1) is 13.2 Å². The Balaban J connectivity index is 1.63. The van der Waals surface area contributed by atoms with E-state index < -0.39 is 35.6 Å². The normalized spacial score (nSPS) is 11.5. The van der Waals surface area contributed by atoms with Gasteiger partial charge in [0.2, 0.25) is 0 Å². The third kappa shape index (κ3) is 8.49. The van der Waals surface area contributed by atoms with Crippen molar-refractivity contribution in [1.82, 2.24) is 5.32 Å². The summed E-state index contributed by atoms with van der Waals surface area (Å²) in [5.74, 6) is -3.22. The maximum atomic E-state index is 13.6. The molecule has 0 unspecified atom stereocenters. The predicted molar refractivity (Wildman–Crippen MR) is 153 cm³/mol. The van der Waals surface area contributed by atoms with Crippen molar-refractivity contribution in [3.05, 3.63) is 131 Å². The van der Waals surface area contributed by atoms with Crippen molar-refractivity contribution in [2.75, 3.05) is 6.54 Å². The van der Waals surface area contributed by atoms with Gasteiger partial charge >= 0.3 is 12.3 Å². The SMILES string of the molecule is O=C(O)CCNC(=O)c1ccc(C(=O)/C(=C\C(=O)c2ccc(-c3ccccc3)cc2)c2ccc(OC(F)(F)F)cc2)cc1. The first-order valence-electron chi connectivity index (χ1n) is 12.9. The first-order chi connectivity index (χ1) is 20.5. The lowest BCUT2D eigenvalue weighted by Gasteiger charge is -2.11. The van der Waals surface area contributed by atoms with Crippen LogP contribution in [0.5, 0.6) is 5.75 Å². The van der Waals surface area contributed by atoms with Gasteiger partial charge in [-0.05, 0) is 47.0 Å². The number of amides is 1. The summed E-state index contributed by atoms with van der Waals surface area (Å²) >= 11 is 0. The molecule has 0 fully saturated rings. The zero-order valence-corrected chi connectivity index (χ0v) is 22.4. The van der Waals surface area contributed by atoms with Crippen molar-refractivity contribution < 1.29 is 42.2 Å². The number of alkyl halides is 3. The van der Waals surface area contributed by atoms with Crippen molar-refractivity contribution in [3.63, 3.8) is 0 Å². The number of nitrogens with one attached hydrogen (secondary N) is 1. The fourth-order valence-corrected chi connectivity index (χ4v) is 4.10. The molecule has 0 bridgehead atoms. The van der Waals surface area contributed by atoms with Crippen LogP contribution in [0.25, 0.3) is 16.7 Å². The molecule has 0 saturated heterocycles. The Bertz CT molecular complexity index is 1640. The molecule has 10 heteroatoms. The summed E-state index contributed by atoms with van der Waals surface area (Å²) in [7, 11) is 0. The summed E-state index contributed by atoms with van der Waals surface area (Å²) in [6, 6.07) is 26.3. The van der Waals surface area contributed by atoms with Gasteiger partial charge < -0.3 is 15.2 Å². The highest BCUT2D eigenvalue weighted by Crippen LogP contribution is 2.27. The Labute approximate surface area is 244 Å². The average molecular weight is 588 g/mol. The van der Waals surface area contributed by atoms with Crippen LogP contribution in [0.3, 0.4) is 0 Å². The van der Waals surface area contributed by atoms with E-state index in [1.165, 1.54) is 36.4 Å². The monoisotopic (exact) mass is 587 g/mol. The number of aliphatic carboxylic acids is 1. The highest BCUT2D eigenvalue weighted by molar-refractivity contribution is 6.32. The van der Waals surface area contributed by atoms with Crippen molar-refractivity contribution in [1.29, 1.82) is 0 Å². The maximum Gasteiger partial charge on any atom is 0.573 e. The number of hydrogen-bond acceptors (Lipinski definition) is 5. The van der Waals surface area contributed by atoms with Gasteiger partial charge in [-0.2, -0.15) is 0 Å². The highest BCUT2D eigenvalue weighted by atomic mass is 19.4. The Morgan fingerprint density at radius 1 is 0.698 bits per heavy atom.